The number of aldehydes is 1. The predicted octanol–water partition coefficient (Wildman–Crippen LogP) is -1.16. The van der Waals surface area contributed by atoms with Crippen molar-refractivity contribution in [3.05, 3.63) is 35.0 Å². The van der Waals surface area contributed by atoms with Crippen molar-refractivity contribution in [2.45, 2.75) is 11.4 Å². The molecule has 2 heterocycles. The molecule has 1 fully saturated rings. The van der Waals surface area contributed by atoms with Gasteiger partial charge in [-0.2, -0.15) is 12.6 Å². The number of anilines is 1. The SMILES string of the molecule is C=CC(C=O)=C(C(=O)O)N1C(=O)[C@@H](NC(=O)/C(=N\OCC(=O)O)c2csc(N)n2)[C@H]1S. The number of rotatable bonds is 10. The second kappa shape index (κ2) is 9.86. The number of allylic oxidation sites excluding steroid dienone is 2. The largest absolute Gasteiger partial charge is 0.479 e. The standard InChI is InChI=1S/C16H15N5O8S2/c1-2-6(3-22)11(15(27)28)21-13(26)10(14(21)30)19-12(25)9(20-29-4-8(23)24)7-5-31-16(17)18-7/h2-3,5,10,14,30H,1,4H2,(H2,17,18)(H,19,25)(H,23,24)(H,27,28)/b11-6?,20-9-/t10-,14-/m1/s1. The van der Waals surface area contributed by atoms with Gasteiger partial charge in [0.05, 0.1) is 0 Å². The first-order valence-corrected chi connectivity index (χ1v) is 9.52. The van der Waals surface area contributed by atoms with Gasteiger partial charge in [-0.25, -0.2) is 14.6 Å². The summed E-state index contributed by atoms with van der Waals surface area (Å²) in [5, 5.41) is 24.0. The van der Waals surface area contributed by atoms with Gasteiger partial charge in [0.25, 0.3) is 11.8 Å². The van der Waals surface area contributed by atoms with E-state index in [1.807, 2.05) is 0 Å². The molecule has 0 bridgehead atoms. The van der Waals surface area contributed by atoms with Crippen LogP contribution in [0.2, 0.25) is 0 Å². The number of nitrogens with one attached hydrogen (secondary N) is 1. The summed E-state index contributed by atoms with van der Waals surface area (Å²) in [4.78, 5) is 67.4. The van der Waals surface area contributed by atoms with E-state index in [1.54, 1.807) is 0 Å². The Bertz CT molecular complexity index is 1010. The van der Waals surface area contributed by atoms with Gasteiger partial charge in [-0.1, -0.05) is 17.8 Å². The number of thiol groups is 1. The number of hydrogen-bond donors (Lipinski definition) is 5. The van der Waals surface area contributed by atoms with Crippen LogP contribution in [0.3, 0.4) is 0 Å². The Hall–Kier alpha value is -3.72. The summed E-state index contributed by atoms with van der Waals surface area (Å²) in [7, 11) is 0. The molecule has 0 unspecified atom stereocenters. The topological polar surface area (TPSA) is 202 Å². The number of carbonyl (C=O) groups excluding carboxylic acids is 3. The Morgan fingerprint density at radius 1 is 1.45 bits per heavy atom. The Morgan fingerprint density at radius 2 is 2.13 bits per heavy atom. The summed E-state index contributed by atoms with van der Waals surface area (Å²) in [5.41, 5.74) is 4.03. The monoisotopic (exact) mass is 469 g/mol. The Morgan fingerprint density at radius 3 is 2.58 bits per heavy atom. The van der Waals surface area contributed by atoms with Gasteiger partial charge in [0, 0.05) is 11.0 Å². The highest BCUT2D eigenvalue weighted by molar-refractivity contribution is 7.81. The number of aliphatic carboxylic acids is 2. The van der Waals surface area contributed by atoms with Crippen molar-refractivity contribution in [3.63, 3.8) is 0 Å². The number of likely N-dealkylation sites (tertiary alicyclic amines) is 1. The van der Waals surface area contributed by atoms with Gasteiger partial charge < -0.3 is 26.1 Å². The number of hydrogen-bond acceptors (Lipinski definition) is 11. The summed E-state index contributed by atoms with van der Waals surface area (Å²) in [6.07, 6.45) is 1.18. The minimum atomic E-state index is -1.57. The molecule has 0 saturated carbocycles. The Kier molecular flexibility index (Phi) is 7.49. The molecule has 0 aliphatic carbocycles. The lowest BCUT2D eigenvalue weighted by atomic mass is 10.0. The van der Waals surface area contributed by atoms with Gasteiger partial charge in [-0.3, -0.25) is 19.3 Å². The van der Waals surface area contributed by atoms with E-state index in [1.165, 1.54) is 5.38 Å². The Balaban J connectivity index is 2.25. The molecular formula is C16H15N5O8S2. The third-order valence-electron chi connectivity index (χ3n) is 3.74. The number of oxime groups is 1. The molecule has 2 rings (SSSR count). The number of thiazole rings is 1. The zero-order chi connectivity index (χ0) is 23.3. The molecular weight excluding hydrogens is 454 g/mol. The molecule has 1 aromatic heterocycles. The van der Waals surface area contributed by atoms with Gasteiger partial charge in [0.1, 0.15) is 22.8 Å². The number of nitrogens with two attached hydrogens (primary N) is 1. The minimum Gasteiger partial charge on any atom is -0.479 e. The number of carboxylic acids is 2. The second-order valence-electron chi connectivity index (χ2n) is 5.68. The van der Waals surface area contributed by atoms with Crippen LogP contribution < -0.4 is 11.1 Å². The number of carboxylic acid groups (broad SMARTS) is 2. The molecule has 2 atom stereocenters. The summed E-state index contributed by atoms with van der Waals surface area (Å²) in [6, 6.07) is -1.29. The number of nitrogens with zero attached hydrogens (tertiary/aromatic N) is 3. The van der Waals surface area contributed by atoms with E-state index in [0.29, 0.717) is 4.90 Å². The van der Waals surface area contributed by atoms with Crippen LogP contribution in [-0.4, -0.2) is 73.9 Å². The van der Waals surface area contributed by atoms with Crippen LogP contribution in [0.5, 0.6) is 0 Å². The van der Waals surface area contributed by atoms with Gasteiger partial charge in [0.15, 0.2) is 17.1 Å². The normalized spacial score (nSPS) is 19.1. The summed E-state index contributed by atoms with van der Waals surface area (Å²) < 4.78 is 0. The van der Waals surface area contributed by atoms with Crippen molar-refractivity contribution < 1.29 is 39.0 Å². The molecule has 2 amide bonds. The fourth-order valence-corrected chi connectivity index (χ4v) is 3.36. The molecule has 0 radical (unpaired) electrons. The fourth-order valence-electron chi connectivity index (χ4n) is 2.38. The van der Waals surface area contributed by atoms with E-state index in [-0.39, 0.29) is 22.7 Å². The van der Waals surface area contributed by atoms with E-state index < -0.39 is 53.2 Å². The van der Waals surface area contributed by atoms with Crippen LogP contribution in [0.15, 0.2) is 34.5 Å². The van der Waals surface area contributed by atoms with Crippen molar-refractivity contribution in [1.82, 2.24) is 15.2 Å². The molecule has 13 nitrogen and oxygen atoms in total. The van der Waals surface area contributed by atoms with Crippen LogP contribution in [-0.2, 0) is 28.8 Å². The maximum Gasteiger partial charge on any atom is 0.353 e. The zero-order valence-electron chi connectivity index (χ0n) is 15.4. The molecule has 164 valence electrons. The average Bonchev–Trinajstić information content (AvgIpc) is 3.14. The van der Waals surface area contributed by atoms with Crippen LogP contribution in [0, 0.1) is 0 Å². The van der Waals surface area contributed by atoms with E-state index in [2.05, 4.69) is 39.5 Å². The average molecular weight is 469 g/mol. The number of nitrogen functional groups attached to an aromatic ring is 1. The van der Waals surface area contributed by atoms with Crippen molar-refractivity contribution in [3.8, 4) is 0 Å². The number of β-lactam (4-membered cyclic amide) rings is 1. The van der Waals surface area contributed by atoms with Crippen LogP contribution in [0.1, 0.15) is 5.69 Å². The molecule has 0 aromatic carbocycles. The minimum absolute atomic E-state index is 0.0363. The fraction of sp³-hybridized carbons (Fsp3) is 0.188. The molecule has 0 spiro atoms. The first kappa shape index (κ1) is 23.6. The summed E-state index contributed by atoms with van der Waals surface area (Å²) in [6.45, 7) is 2.48. The Labute approximate surface area is 183 Å². The number of amides is 2. The zero-order valence-corrected chi connectivity index (χ0v) is 17.1. The van der Waals surface area contributed by atoms with Crippen molar-refractivity contribution in [1.29, 1.82) is 0 Å². The van der Waals surface area contributed by atoms with Crippen LogP contribution in [0.25, 0.3) is 0 Å². The lowest BCUT2D eigenvalue weighted by Crippen LogP contribution is -2.69. The highest BCUT2D eigenvalue weighted by Gasteiger charge is 2.50. The van der Waals surface area contributed by atoms with E-state index >= 15 is 0 Å². The van der Waals surface area contributed by atoms with E-state index in [4.69, 9.17) is 10.8 Å². The molecule has 31 heavy (non-hydrogen) atoms. The lowest BCUT2D eigenvalue weighted by Gasteiger charge is -2.44. The van der Waals surface area contributed by atoms with Gasteiger partial charge in [-0.15, -0.1) is 11.3 Å². The van der Waals surface area contributed by atoms with Gasteiger partial charge >= 0.3 is 11.9 Å². The van der Waals surface area contributed by atoms with Crippen molar-refractivity contribution in [2.24, 2.45) is 5.16 Å². The molecule has 1 aromatic rings. The third-order valence-corrected chi connectivity index (χ3v) is 4.94. The number of aromatic nitrogens is 1. The van der Waals surface area contributed by atoms with Gasteiger partial charge in [-0.05, 0) is 0 Å². The van der Waals surface area contributed by atoms with Crippen molar-refractivity contribution >= 4 is 64.8 Å². The first-order valence-electron chi connectivity index (χ1n) is 8.12. The highest BCUT2D eigenvalue weighted by Crippen LogP contribution is 2.30. The first-order chi connectivity index (χ1) is 14.6. The van der Waals surface area contributed by atoms with Gasteiger partial charge in [0.2, 0.25) is 6.61 Å². The van der Waals surface area contributed by atoms with E-state index in [0.717, 1.165) is 17.4 Å². The highest BCUT2D eigenvalue weighted by atomic mass is 32.1. The van der Waals surface area contributed by atoms with Crippen LogP contribution in [0.4, 0.5) is 5.13 Å². The lowest BCUT2D eigenvalue weighted by molar-refractivity contribution is -0.150. The quantitative estimate of drug-likeness (QED) is 0.0529. The molecule has 5 N–H and O–H groups in total. The third kappa shape index (κ3) is 5.07. The maximum atomic E-state index is 12.6. The number of carbonyl (C=O) groups is 5. The summed E-state index contributed by atoms with van der Waals surface area (Å²) in [5.74, 6) is -4.76. The molecule has 1 aliphatic heterocycles. The van der Waals surface area contributed by atoms with Crippen molar-refractivity contribution in [2.75, 3.05) is 12.3 Å². The molecule has 15 heteroatoms. The maximum absolute atomic E-state index is 12.6. The van der Waals surface area contributed by atoms with E-state index in [9.17, 15) is 29.1 Å². The molecule has 1 aliphatic rings. The summed E-state index contributed by atoms with van der Waals surface area (Å²) >= 11 is 5.11. The molecule has 1 saturated heterocycles. The van der Waals surface area contributed by atoms with Crippen LogP contribution >= 0.6 is 24.0 Å². The predicted molar refractivity (Wildman–Crippen MR) is 109 cm³/mol. The second-order valence-corrected chi connectivity index (χ2v) is 7.10. The smallest absolute Gasteiger partial charge is 0.353 e.